The SMILES string of the molecule is CNC(=O)OC(=N)c1ccc(C2=CCN(C(=O)CN3CC[C@]4(CCN(c5ccc(C)c(C(=N)c6ccc(F)c(C(=O)NC)c6)c5)C4=O)C3)CC2)cc1. The van der Waals surface area contributed by atoms with Crippen molar-refractivity contribution in [1.29, 1.82) is 10.8 Å². The number of nitrogens with zero attached hydrogens (tertiary/aromatic N) is 3. The van der Waals surface area contributed by atoms with E-state index in [1.54, 1.807) is 17.0 Å². The van der Waals surface area contributed by atoms with Gasteiger partial charge in [0.25, 0.3) is 5.91 Å². The number of alkyl carbamates (subject to hydrolysis) is 1. The molecule has 1 spiro atoms. The highest BCUT2D eigenvalue weighted by Crippen LogP contribution is 2.42. The van der Waals surface area contributed by atoms with E-state index in [1.807, 2.05) is 48.2 Å². The highest BCUT2D eigenvalue weighted by Gasteiger charge is 2.51. The molecule has 0 aromatic heterocycles. The summed E-state index contributed by atoms with van der Waals surface area (Å²) in [5.74, 6) is -1.44. The molecule has 0 aliphatic carbocycles. The molecule has 4 N–H and O–H groups in total. The molecule has 3 heterocycles. The van der Waals surface area contributed by atoms with Crippen LogP contribution >= 0.6 is 0 Å². The van der Waals surface area contributed by atoms with Gasteiger partial charge in [0.2, 0.25) is 17.7 Å². The lowest BCUT2D eigenvalue weighted by molar-refractivity contribution is -0.132. The van der Waals surface area contributed by atoms with E-state index in [0.29, 0.717) is 74.4 Å². The summed E-state index contributed by atoms with van der Waals surface area (Å²) in [6.07, 6.45) is 3.35. The van der Waals surface area contributed by atoms with Gasteiger partial charge in [-0.25, -0.2) is 9.18 Å². The highest BCUT2D eigenvalue weighted by molar-refractivity contribution is 6.13. The highest BCUT2D eigenvalue weighted by atomic mass is 19.1. The van der Waals surface area contributed by atoms with Crippen LogP contribution in [0.1, 0.15) is 57.4 Å². The molecule has 1 atom stereocenters. The summed E-state index contributed by atoms with van der Waals surface area (Å²) in [4.78, 5) is 56.6. The molecule has 0 bridgehead atoms. The summed E-state index contributed by atoms with van der Waals surface area (Å²) in [6.45, 7) is 4.83. The number of hydrogen-bond acceptors (Lipinski definition) is 8. The molecule has 2 saturated heterocycles. The molecule has 270 valence electrons. The first-order valence-corrected chi connectivity index (χ1v) is 17.2. The van der Waals surface area contributed by atoms with Gasteiger partial charge in [0.15, 0.2) is 0 Å². The van der Waals surface area contributed by atoms with Gasteiger partial charge >= 0.3 is 6.09 Å². The third-order valence-corrected chi connectivity index (χ3v) is 10.3. The van der Waals surface area contributed by atoms with Crippen LogP contribution in [0.5, 0.6) is 0 Å². The van der Waals surface area contributed by atoms with Gasteiger partial charge in [-0.1, -0.05) is 24.3 Å². The molecule has 3 aliphatic rings. The number of aryl methyl sites for hydroxylation is 1. The predicted molar refractivity (Wildman–Crippen MR) is 195 cm³/mol. The Bertz CT molecular complexity index is 1990. The zero-order chi connectivity index (χ0) is 37.2. The largest absolute Gasteiger partial charge is 0.413 e. The molecule has 2 fully saturated rings. The zero-order valence-electron chi connectivity index (χ0n) is 29.5. The summed E-state index contributed by atoms with van der Waals surface area (Å²) < 4.78 is 19.2. The third kappa shape index (κ3) is 7.22. The van der Waals surface area contributed by atoms with Crippen LogP contribution in [0, 0.1) is 29.0 Å². The molecule has 52 heavy (non-hydrogen) atoms. The van der Waals surface area contributed by atoms with Crippen molar-refractivity contribution in [2.75, 3.05) is 58.3 Å². The van der Waals surface area contributed by atoms with Crippen LogP contribution in [-0.2, 0) is 14.3 Å². The normalized spacial score (nSPS) is 18.7. The van der Waals surface area contributed by atoms with Crippen molar-refractivity contribution in [3.63, 3.8) is 0 Å². The molecular weight excluding hydrogens is 665 g/mol. The van der Waals surface area contributed by atoms with Crippen molar-refractivity contribution >= 4 is 46.7 Å². The van der Waals surface area contributed by atoms with Crippen LogP contribution in [0.3, 0.4) is 0 Å². The number of benzene rings is 3. The van der Waals surface area contributed by atoms with E-state index in [2.05, 4.69) is 15.5 Å². The van der Waals surface area contributed by atoms with Crippen LogP contribution in [0.4, 0.5) is 14.9 Å². The molecule has 13 heteroatoms. The zero-order valence-corrected chi connectivity index (χ0v) is 29.5. The van der Waals surface area contributed by atoms with E-state index >= 15 is 0 Å². The van der Waals surface area contributed by atoms with Crippen LogP contribution in [0.25, 0.3) is 5.57 Å². The number of likely N-dealkylation sites (tertiary alicyclic amines) is 1. The van der Waals surface area contributed by atoms with Gasteiger partial charge in [0.05, 0.1) is 23.2 Å². The lowest BCUT2D eigenvalue weighted by Gasteiger charge is -2.29. The minimum Gasteiger partial charge on any atom is -0.391 e. The van der Waals surface area contributed by atoms with Gasteiger partial charge in [0.1, 0.15) is 5.82 Å². The first-order chi connectivity index (χ1) is 24.9. The maximum absolute atomic E-state index is 14.3. The summed E-state index contributed by atoms with van der Waals surface area (Å²) in [7, 11) is 2.85. The van der Waals surface area contributed by atoms with Crippen molar-refractivity contribution in [2.24, 2.45) is 5.41 Å². The Balaban J connectivity index is 1.06. The number of hydrogen-bond donors (Lipinski definition) is 4. The molecule has 12 nitrogen and oxygen atoms in total. The van der Waals surface area contributed by atoms with E-state index in [4.69, 9.17) is 15.6 Å². The minimum atomic E-state index is -0.699. The van der Waals surface area contributed by atoms with E-state index in [1.165, 1.54) is 32.3 Å². The Morgan fingerprint density at radius 3 is 2.33 bits per heavy atom. The minimum absolute atomic E-state index is 0.0133. The van der Waals surface area contributed by atoms with Gasteiger partial charge in [-0.3, -0.25) is 30.1 Å². The Morgan fingerprint density at radius 1 is 0.904 bits per heavy atom. The van der Waals surface area contributed by atoms with Crippen molar-refractivity contribution in [3.8, 4) is 0 Å². The topological polar surface area (TPSA) is 159 Å². The number of carbonyl (C=O) groups excluding carboxylic acids is 4. The molecule has 3 aromatic carbocycles. The molecule has 0 unspecified atom stereocenters. The molecule has 3 aromatic rings. The molecular formula is C39H42FN7O5. The van der Waals surface area contributed by atoms with Crippen LogP contribution in [0.2, 0.25) is 0 Å². The van der Waals surface area contributed by atoms with Crippen molar-refractivity contribution in [1.82, 2.24) is 20.4 Å². The Labute approximate surface area is 301 Å². The predicted octanol–water partition coefficient (Wildman–Crippen LogP) is 4.34. The number of anilines is 1. The van der Waals surface area contributed by atoms with Crippen molar-refractivity contribution < 1.29 is 28.3 Å². The molecule has 0 saturated carbocycles. The van der Waals surface area contributed by atoms with Gasteiger partial charge in [0, 0.05) is 62.7 Å². The summed E-state index contributed by atoms with van der Waals surface area (Å²) >= 11 is 0. The fourth-order valence-corrected chi connectivity index (χ4v) is 7.22. The van der Waals surface area contributed by atoms with Crippen molar-refractivity contribution in [3.05, 3.63) is 106 Å². The average molecular weight is 708 g/mol. The molecule has 3 aliphatic heterocycles. The fraction of sp³-hybridized carbons (Fsp3) is 0.333. The molecule has 4 amide bonds. The smallest absolute Gasteiger partial charge is 0.391 e. The van der Waals surface area contributed by atoms with Gasteiger partial charge in [-0.2, -0.15) is 0 Å². The Morgan fingerprint density at radius 2 is 1.63 bits per heavy atom. The van der Waals surface area contributed by atoms with E-state index in [9.17, 15) is 23.6 Å². The Hall–Kier alpha value is -5.69. The van der Waals surface area contributed by atoms with Gasteiger partial charge < -0.3 is 25.2 Å². The lowest BCUT2D eigenvalue weighted by Crippen LogP contribution is -2.43. The second-order valence-electron chi connectivity index (χ2n) is 13.5. The Kier molecular flexibility index (Phi) is 10.3. The summed E-state index contributed by atoms with van der Waals surface area (Å²) in [5.41, 5.74) is 4.44. The standard InChI is InChI=1S/C39H42FN7O5/c1-24-4-10-29(21-30(24)34(41)28-9-11-32(40)31(20-28)36(49)43-2)47-19-15-39(37(47)50)14-18-45(23-39)22-33(48)46-16-12-26(13-17-46)25-5-7-27(8-6-25)35(42)52-38(51)44-3/h4-12,20-21,41-42H,13-19,22-23H2,1-3H3,(H,43,49)(H,44,51)/t39-/m0/s1. The number of ether oxygens (including phenoxy) is 1. The van der Waals surface area contributed by atoms with Crippen LogP contribution in [-0.4, -0.2) is 98.6 Å². The average Bonchev–Trinajstić information content (AvgIpc) is 3.72. The fourth-order valence-electron chi connectivity index (χ4n) is 7.22. The number of halogens is 1. The van der Waals surface area contributed by atoms with Gasteiger partial charge in [-0.15, -0.1) is 0 Å². The maximum Gasteiger partial charge on any atom is 0.413 e. The quantitative estimate of drug-likeness (QED) is 0.202. The van der Waals surface area contributed by atoms with Crippen LogP contribution < -0.4 is 15.5 Å². The number of nitrogens with one attached hydrogen (secondary N) is 4. The summed E-state index contributed by atoms with van der Waals surface area (Å²) in [5, 5.41) is 21.6. The maximum atomic E-state index is 14.3. The summed E-state index contributed by atoms with van der Waals surface area (Å²) in [6, 6.07) is 16.8. The third-order valence-electron chi connectivity index (χ3n) is 10.3. The second-order valence-corrected chi connectivity index (χ2v) is 13.5. The molecule has 0 radical (unpaired) electrons. The molecule has 6 rings (SSSR count). The van der Waals surface area contributed by atoms with E-state index < -0.39 is 23.2 Å². The lowest BCUT2D eigenvalue weighted by atomic mass is 9.85. The van der Waals surface area contributed by atoms with E-state index in [0.717, 1.165) is 16.7 Å². The second kappa shape index (κ2) is 14.9. The number of rotatable bonds is 8. The van der Waals surface area contributed by atoms with Crippen LogP contribution in [0.15, 0.2) is 66.7 Å². The monoisotopic (exact) mass is 707 g/mol. The van der Waals surface area contributed by atoms with Gasteiger partial charge in [-0.05, 0) is 91.9 Å². The van der Waals surface area contributed by atoms with E-state index in [-0.39, 0.29) is 35.5 Å². The number of amides is 4. The number of carbonyl (C=O) groups is 4. The first-order valence-electron chi connectivity index (χ1n) is 17.2. The first kappa shape index (κ1) is 36.1. The van der Waals surface area contributed by atoms with Crippen molar-refractivity contribution in [2.45, 2.75) is 26.2 Å².